The molecule has 10 nitrogen and oxygen atoms in total. The third-order valence-corrected chi connectivity index (χ3v) is 11.1. The van der Waals surface area contributed by atoms with Gasteiger partial charge in [0.2, 0.25) is 5.95 Å². The highest BCUT2D eigenvalue weighted by atomic mass is 32.2. The maximum Gasteiger partial charge on any atom is 0.260 e. The van der Waals surface area contributed by atoms with Crippen LogP contribution >= 0.6 is 0 Å². The number of aromatic nitrogens is 3. The van der Waals surface area contributed by atoms with Gasteiger partial charge in [0.05, 0.1) is 17.3 Å². The number of fused-ring (bicyclic) bond motifs is 1. The zero-order chi connectivity index (χ0) is 33.0. The van der Waals surface area contributed by atoms with Gasteiger partial charge in [-0.15, -0.1) is 0 Å². The van der Waals surface area contributed by atoms with Gasteiger partial charge >= 0.3 is 0 Å². The topological polar surface area (TPSA) is 116 Å². The molecular weight excluding hydrogens is 614 g/mol. The van der Waals surface area contributed by atoms with Gasteiger partial charge in [0, 0.05) is 56.2 Å². The predicted octanol–water partition coefficient (Wildman–Crippen LogP) is 5.24. The third-order valence-electron chi connectivity index (χ3n) is 9.47. The van der Waals surface area contributed by atoms with Crippen LogP contribution in [0.25, 0.3) is 22.2 Å². The Morgan fingerprint density at radius 2 is 1.81 bits per heavy atom. The molecule has 0 spiro atoms. The molecule has 1 N–H and O–H groups in total. The molecule has 2 aromatic heterocycles. The van der Waals surface area contributed by atoms with Crippen molar-refractivity contribution >= 4 is 32.5 Å². The summed E-state index contributed by atoms with van der Waals surface area (Å²) in [5.41, 5.74) is 4.50. The molecule has 6 rings (SSSR count). The normalized spacial score (nSPS) is 18.1. The molecule has 0 bridgehead atoms. The molecule has 0 aliphatic carbocycles. The first-order valence-electron chi connectivity index (χ1n) is 16.6. The van der Waals surface area contributed by atoms with E-state index in [1.165, 1.54) is 32.1 Å². The van der Waals surface area contributed by atoms with Crippen molar-refractivity contribution < 1.29 is 17.9 Å². The van der Waals surface area contributed by atoms with Crippen LogP contribution < -0.4 is 10.9 Å². The molecule has 0 radical (unpaired) electrons. The fourth-order valence-electron chi connectivity index (χ4n) is 6.84. The lowest BCUT2D eigenvalue weighted by Gasteiger charge is -2.29. The number of pyridine rings is 1. The molecule has 4 heterocycles. The van der Waals surface area contributed by atoms with Crippen molar-refractivity contribution in [2.75, 3.05) is 58.1 Å². The lowest BCUT2D eigenvalue weighted by atomic mass is 9.91. The van der Waals surface area contributed by atoms with Crippen molar-refractivity contribution in [2.24, 2.45) is 11.8 Å². The van der Waals surface area contributed by atoms with E-state index in [1.807, 2.05) is 13.0 Å². The Morgan fingerprint density at radius 3 is 2.53 bits per heavy atom. The van der Waals surface area contributed by atoms with Crippen LogP contribution in [0.15, 0.2) is 64.4 Å². The summed E-state index contributed by atoms with van der Waals surface area (Å²) >= 11 is 0. The molecular formula is C36H45N5O5S. The van der Waals surface area contributed by atoms with E-state index in [4.69, 9.17) is 14.5 Å². The molecule has 47 heavy (non-hydrogen) atoms. The Morgan fingerprint density at radius 1 is 1.02 bits per heavy atom. The van der Waals surface area contributed by atoms with Crippen molar-refractivity contribution in [1.29, 1.82) is 0 Å². The van der Waals surface area contributed by atoms with E-state index in [0.29, 0.717) is 54.0 Å². The number of piperidine rings is 1. The fourth-order valence-corrected chi connectivity index (χ4v) is 8.09. The summed E-state index contributed by atoms with van der Waals surface area (Å²) in [5.74, 6) is 1.28. The average molecular weight is 660 g/mol. The minimum Gasteiger partial charge on any atom is -0.384 e. The van der Waals surface area contributed by atoms with Gasteiger partial charge in [0.25, 0.3) is 5.56 Å². The Kier molecular flexibility index (Phi) is 10.4. The molecule has 0 amide bonds. The van der Waals surface area contributed by atoms with Gasteiger partial charge in [-0.1, -0.05) is 18.2 Å². The van der Waals surface area contributed by atoms with E-state index >= 15 is 0 Å². The fraction of sp³-hybridized carbons (Fsp3) is 0.472. The van der Waals surface area contributed by atoms with Crippen LogP contribution in [0, 0.1) is 18.8 Å². The van der Waals surface area contributed by atoms with Gasteiger partial charge in [0.15, 0.2) is 9.84 Å². The quantitative estimate of drug-likeness (QED) is 0.231. The zero-order valence-corrected chi connectivity index (χ0v) is 28.4. The van der Waals surface area contributed by atoms with Crippen molar-refractivity contribution in [1.82, 2.24) is 19.4 Å². The lowest BCUT2D eigenvalue weighted by molar-refractivity contribution is 0.0613. The van der Waals surface area contributed by atoms with Crippen molar-refractivity contribution in [3.05, 3.63) is 76.2 Å². The number of aryl methyl sites for hydroxylation is 1. The summed E-state index contributed by atoms with van der Waals surface area (Å²) in [6, 6.07) is 15.2. The molecule has 1 unspecified atom stereocenters. The summed E-state index contributed by atoms with van der Waals surface area (Å²) in [6.07, 6.45) is 7.08. The molecule has 2 aromatic carbocycles. The standard InChI is InChI=1S/C36H45N5O5S/c1-25-19-31(47(43,44)18-17-45-3)10-11-32(25)33-21-29-22-37-36(39-34(29)41(35(33)42)24-27-12-15-46-16-13-27)38-30-8-6-26(7-9-30)20-28-5-4-14-40(2)23-28/h6-11,19,21-22,27-28H,4-5,12-18,20,23-24H2,1-3H3,(H,37,38,39). The molecule has 250 valence electrons. The molecule has 0 saturated carbocycles. The molecule has 2 aliphatic rings. The summed E-state index contributed by atoms with van der Waals surface area (Å²) < 4.78 is 37.9. The smallest absolute Gasteiger partial charge is 0.260 e. The van der Waals surface area contributed by atoms with Crippen LogP contribution in [0.4, 0.5) is 11.6 Å². The van der Waals surface area contributed by atoms with Gasteiger partial charge in [-0.2, -0.15) is 4.98 Å². The molecule has 2 saturated heterocycles. The van der Waals surface area contributed by atoms with E-state index in [9.17, 15) is 13.2 Å². The molecule has 2 fully saturated rings. The highest BCUT2D eigenvalue weighted by Gasteiger charge is 2.22. The summed E-state index contributed by atoms with van der Waals surface area (Å²) in [4.78, 5) is 26.4. The minimum atomic E-state index is -3.51. The number of methoxy groups -OCH3 is 1. The average Bonchev–Trinajstić information content (AvgIpc) is 3.07. The van der Waals surface area contributed by atoms with Crippen molar-refractivity contribution in [2.45, 2.75) is 50.5 Å². The number of nitrogens with one attached hydrogen (secondary N) is 1. The van der Waals surface area contributed by atoms with Crippen LogP contribution in [0.5, 0.6) is 0 Å². The number of likely N-dealkylation sites (tertiary alicyclic amines) is 1. The second kappa shape index (κ2) is 14.6. The van der Waals surface area contributed by atoms with Crippen LogP contribution in [0.3, 0.4) is 0 Å². The highest BCUT2D eigenvalue weighted by Crippen LogP contribution is 2.28. The Labute approximate surface area is 277 Å². The number of hydrogen-bond donors (Lipinski definition) is 1. The Bertz CT molecular complexity index is 1870. The van der Waals surface area contributed by atoms with E-state index in [2.05, 4.69) is 46.5 Å². The summed E-state index contributed by atoms with van der Waals surface area (Å²) in [5, 5.41) is 4.08. The number of benzene rings is 2. The molecule has 1 atom stereocenters. The zero-order valence-electron chi connectivity index (χ0n) is 27.6. The number of nitrogens with zero attached hydrogens (tertiary/aromatic N) is 4. The maximum atomic E-state index is 14.2. The van der Waals surface area contributed by atoms with Crippen LogP contribution in [-0.2, 0) is 32.3 Å². The van der Waals surface area contributed by atoms with Crippen LogP contribution in [0.2, 0.25) is 0 Å². The van der Waals surface area contributed by atoms with Gasteiger partial charge in [-0.3, -0.25) is 9.36 Å². The monoisotopic (exact) mass is 659 g/mol. The third kappa shape index (κ3) is 7.92. The summed E-state index contributed by atoms with van der Waals surface area (Å²) in [7, 11) is 0.171. The van der Waals surface area contributed by atoms with Gasteiger partial charge < -0.3 is 19.7 Å². The molecule has 11 heteroatoms. The molecule has 2 aliphatic heterocycles. The number of ether oxygens (including phenoxy) is 2. The largest absolute Gasteiger partial charge is 0.384 e. The summed E-state index contributed by atoms with van der Waals surface area (Å²) in [6.45, 7) is 6.13. The van der Waals surface area contributed by atoms with Crippen molar-refractivity contribution in [3.63, 3.8) is 0 Å². The first kappa shape index (κ1) is 33.3. The van der Waals surface area contributed by atoms with E-state index in [1.54, 1.807) is 29.0 Å². The second-order valence-corrected chi connectivity index (χ2v) is 15.2. The SMILES string of the molecule is COCCS(=O)(=O)c1ccc(-c2cc3cnc(Nc4ccc(CC5CCCN(C)C5)cc4)nc3n(CC3CCOCC3)c2=O)c(C)c1. The first-order chi connectivity index (χ1) is 22.7. The molecule has 4 aromatic rings. The number of sulfone groups is 1. The van der Waals surface area contributed by atoms with E-state index < -0.39 is 9.84 Å². The lowest BCUT2D eigenvalue weighted by Crippen LogP contribution is -2.32. The van der Waals surface area contributed by atoms with E-state index in [0.717, 1.165) is 36.9 Å². The van der Waals surface area contributed by atoms with Gasteiger partial charge in [-0.05, 0) is 111 Å². The van der Waals surface area contributed by atoms with Gasteiger partial charge in [-0.25, -0.2) is 13.4 Å². The number of rotatable bonds is 11. The van der Waals surface area contributed by atoms with Crippen LogP contribution in [0.1, 0.15) is 36.8 Å². The number of hydrogen-bond acceptors (Lipinski definition) is 9. The highest BCUT2D eigenvalue weighted by molar-refractivity contribution is 7.91. The Hall–Kier alpha value is -3.64. The maximum absolute atomic E-state index is 14.2. The second-order valence-electron chi connectivity index (χ2n) is 13.1. The van der Waals surface area contributed by atoms with E-state index in [-0.39, 0.29) is 28.7 Å². The van der Waals surface area contributed by atoms with Crippen LogP contribution in [-0.4, -0.2) is 80.7 Å². The Balaban J connectivity index is 1.31. The minimum absolute atomic E-state index is 0.105. The first-order valence-corrected chi connectivity index (χ1v) is 18.2. The number of anilines is 2. The van der Waals surface area contributed by atoms with Gasteiger partial charge in [0.1, 0.15) is 5.65 Å². The van der Waals surface area contributed by atoms with Crippen molar-refractivity contribution in [3.8, 4) is 11.1 Å². The predicted molar refractivity (Wildman–Crippen MR) is 185 cm³/mol.